The third-order valence-corrected chi connectivity index (χ3v) is 3.79. The van der Waals surface area contributed by atoms with Crippen LogP contribution in [0.25, 0.3) is 0 Å². The fourth-order valence-electron chi connectivity index (χ4n) is 2.58. The maximum atomic E-state index is 12.1. The van der Waals surface area contributed by atoms with E-state index in [1.165, 1.54) is 0 Å². The highest BCUT2D eigenvalue weighted by atomic mass is 16.5. The predicted octanol–water partition coefficient (Wildman–Crippen LogP) is 1.45. The summed E-state index contributed by atoms with van der Waals surface area (Å²) in [4.78, 5) is 12.1. The van der Waals surface area contributed by atoms with E-state index in [-0.39, 0.29) is 17.9 Å². The molecule has 5 heteroatoms. The summed E-state index contributed by atoms with van der Waals surface area (Å²) in [6, 6.07) is 5.74. The summed E-state index contributed by atoms with van der Waals surface area (Å²) in [6.07, 6.45) is 2.60. The molecule has 110 valence electrons. The Kier molecular flexibility index (Phi) is 4.84. The first kappa shape index (κ1) is 14.7. The number of carbonyl (C=O) groups excluding carboxylic acids is 1. The molecule has 0 aromatic heterocycles. The largest absolute Gasteiger partial charge is 0.497 e. The Balaban J connectivity index is 1.95. The van der Waals surface area contributed by atoms with Crippen molar-refractivity contribution in [1.29, 1.82) is 0 Å². The molecule has 1 aliphatic carbocycles. The number of methoxy groups -OCH3 is 2. The third-order valence-electron chi connectivity index (χ3n) is 3.79. The molecule has 2 atom stereocenters. The minimum absolute atomic E-state index is 0.0502. The van der Waals surface area contributed by atoms with Crippen LogP contribution in [-0.4, -0.2) is 26.2 Å². The van der Waals surface area contributed by atoms with Crippen LogP contribution in [0.5, 0.6) is 11.5 Å². The van der Waals surface area contributed by atoms with Crippen molar-refractivity contribution in [3.05, 3.63) is 23.8 Å². The highest BCUT2D eigenvalue weighted by Crippen LogP contribution is 2.26. The lowest BCUT2D eigenvalue weighted by Gasteiger charge is -2.13. The van der Waals surface area contributed by atoms with Crippen LogP contribution in [0, 0.1) is 5.92 Å². The molecule has 0 heterocycles. The molecule has 1 aliphatic rings. The van der Waals surface area contributed by atoms with E-state index in [0.717, 1.165) is 30.6 Å². The third kappa shape index (κ3) is 3.42. The van der Waals surface area contributed by atoms with Gasteiger partial charge in [-0.05, 0) is 31.4 Å². The number of rotatable bonds is 5. The molecule has 1 saturated carbocycles. The van der Waals surface area contributed by atoms with Crippen LogP contribution in [0.4, 0.5) is 0 Å². The average molecular weight is 278 g/mol. The molecule has 0 radical (unpaired) electrons. The number of nitrogens with two attached hydrogens (primary N) is 1. The molecule has 1 amide bonds. The Morgan fingerprint density at radius 1 is 1.35 bits per heavy atom. The van der Waals surface area contributed by atoms with Crippen molar-refractivity contribution < 1.29 is 14.3 Å². The second kappa shape index (κ2) is 6.61. The number of nitrogens with one attached hydrogen (secondary N) is 1. The predicted molar refractivity (Wildman–Crippen MR) is 76.7 cm³/mol. The second-order valence-electron chi connectivity index (χ2n) is 5.17. The Bertz CT molecular complexity index is 476. The van der Waals surface area contributed by atoms with Gasteiger partial charge in [0, 0.05) is 30.1 Å². The number of amides is 1. The average Bonchev–Trinajstić information content (AvgIpc) is 2.91. The van der Waals surface area contributed by atoms with E-state index in [1.807, 2.05) is 18.2 Å². The molecule has 2 rings (SSSR count). The van der Waals surface area contributed by atoms with Gasteiger partial charge in [-0.1, -0.05) is 0 Å². The highest BCUT2D eigenvalue weighted by molar-refractivity contribution is 5.79. The molecule has 20 heavy (non-hydrogen) atoms. The van der Waals surface area contributed by atoms with Crippen molar-refractivity contribution in [2.45, 2.75) is 31.8 Å². The van der Waals surface area contributed by atoms with Crippen molar-refractivity contribution in [2.24, 2.45) is 11.7 Å². The van der Waals surface area contributed by atoms with Gasteiger partial charge < -0.3 is 20.5 Å². The normalized spacial score (nSPS) is 21.6. The van der Waals surface area contributed by atoms with Gasteiger partial charge in [0.05, 0.1) is 14.2 Å². The smallest absolute Gasteiger partial charge is 0.223 e. The Hall–Kier alpha value is -1.75. The summed E-state index contributed by atoms with van der Waals surface area (Å²) in [6.45, 7) is 0.456. The Morgan fingerprint density at radius 2 is 2.15 bits per heavy atom. The van der Waals surface area contributed by atoms with Gasteiger partial charge in [0.25, 0.3) is 0 Å². The van der Waals surface area contributed by atoms with Gasteiger partial charge in [0.1, 0.15) is 11.5 Å². The lowest BCUT2D eigenvalue weighted by molar-refractivity contribution is -0.125. The van der Waals surface area contributed by atoms with E-state index in [9.17, 15) is 4.79 Å². The van der Waals surface area contributed by atoms with E-state index < -0.39 is 0 Å². The maximum Gasteiger partial charge on any atom is 0.223 e. The monoisotopic (exact) mass is 278 g/mol. The summed E-state index contributed by atoms with van der Waals surface area (Å²) in [5.74, 6) is 1.58. The molecule has 3 N–H and O–H groups in total. The van der Waals surface area contributed by atoms with Crippen LogP contribution in [0.1, 0.15) is 24.8 Å². The number of ether oxygens (including phenoxy) is 2. The van der Waals surface area contributed by atoms with Crippen LogP contribution in [0.3, 0.4) is 0 Å². The minimum atomic E-state index is 0.0502. The summed E-state index contributed by atoms with van der Waals surface area (Å²) >= 11 is 0. The van der Waals surface area contributed by atoms with Crippen molar-refractivity contribution in [1.82, 2.24) is 5.32 Å². The summed E-state index contributed by atoms with van der Waals surface area (Å²) in [5, 5.41) is 2.96. The zero-order valence-electron chi connectivity index (χ0n) is 12.0. The van der Waals surface area contributed by atoms with Crippen LogP contribution in [-0.2, 0) is 11.3 Å². The van der Waals surface area contributed by atoms with Crippen LogP contribution >= 0.6 is 0 Å². The molecular weight excluding hydrogens is 256 g/mol. The lowest BCUT2D eigenvalue weighted by atomic mass is 10.1. The molecule has 1 aromatic rings. The Morgan fingerprint density at radius 3 is 2.75 bits per heavy atom. The summed E-state index contributed by atoms with van der Waals surface area (Å²) in [7, 11) is 3.22. The summed E-state index contributed by atoms with van der Waals surface area (Å²) in [5.41, 5.74) is 6.77. The fraction of sp³-hybridized carbons (Fsp3) is 0.533. The zero-order chi connectivity index (χ0) is 14.5. The molecule has 0 bridgehead atoms. The Labute approximate surface area is 119 Å². The van der Waals surface area contributed by atoms with E-state index in [2.05, 4.69) is 5.32 Å². The standard InChI is InChI=1S/C15H22N2O3/c1-19-13-6-4-11(14(8-13)20-2)9-17-15(18)10-3-5-12(16)7-10/h4,6,8,10,12H,3,5,7,9,16H2,1-2H3,(H,17,18). The van der Waals surface area contributed by atoms with Gasteiger partial charge in [-0.25, -0.2) is 0 Å². The number of carbonyl (C=O) groups is 1. The second-order valence-corrected chi connectivity index (χ2v) is 5.17. The van der Waals surface area contributed by atoms with Gasteiger partial charge in [-0.3, -0.25) is 4.79 Å². The number of hydrogen-bond acceptors (Lipinski definition) is 4. The topological polar surface area (TPSA) is 73.6 Å². The molecule has 1 aromatic carbocycles. The number of hydrogen-bond donors (Lipinski definition) is 2. The first-order valence-electron chi connectivity index (χ1n) is 6.88. The maximum absolute atomic E-state index is 12.1. The lowest BCUT2D eigenvalue weighted by Crippen LogP contribution is -2.30. The molecule has 0 spiro atoms. The fourth-order valence-corrected chi connectivity index (χ4v) is 2.58. The summed E-state index contributed by atoms with van der Waals surface area (Å²) < 4.78 is 10.5. The van der Waals surface area contributed by atoms with Gasteiger partial charge in [0.2, 0.25) is 5.91 Å². The minimum Gasteiger partial charge on any atom is -0.497 e. The van der Waals surface area contributed by atoms with Gasteiger partial charge in [-0.2, -0.15) is 0 Å². The van der Waals surface area contributed by atoms with E-state index in [4.69, 9.17) is 15.2 Å². The molecule has 0 aliphatic heterocycles. The molecule has 1 fully saturated rings. The van der Waals surface area contributed by atoms with Crippen molar-refractivity contribution in [3.63, 3.8) is 0 Å². The van der Waals surface area contributed by atoms with Crippen molar-refractivity contribution in [2.75, 3.05) is 14.2 Å². The van der Waals surface area contributed by atoms with Gasteiger partial charge in [0.15, 0.2) is 0 Å². The van der Waals surface area contributed by atoms with Crippen molar-refractivity contribution >= 4 is 5.91 Å². The van der Waals surface area contributed by atoms with Crippen molar-refractivity contribution in [3.8, 4) is 11.5 Å². The van der Waals surface area contributed by atoms with E-state index in [0.29, 0.717) is 12.3 Å². The van der Waals surface area contributed by atoms with E-state index >= 15 is 0 Å². The zero-order valence-corrected chi connectivity index (χ0v) is 12.0. The first-order chi connectivity index (χ1) is 9.63. The van der Waals surface area contributed by atoms with Crippen LogP contribution < -0.4 is 20.5 Å². The molecule has 5 nitrogen and oxygen atoms in total. The van der Waals surface area contributed by atoms with E-state index in [1.54, 1.807) is 14.2 Å². The van der Waals surface area contributed by atoms with Crippen LogP contribution in [0.15, 0.2) is 18.2 Å². The van der Waals surface area contributed by atoms with Gasteiger partial charge >= 0.3 is 0 Å². The van der Waals surface area contributed by atoms with Crippen LogP contribution in [0.2, 0.25) is 0 Å². The highest BCUT2D eigenvalue weighted by Gasteiger charge is 2.27. The SMILES string of the molecule is COc1ccc(CNC(=O)C2CCC(N)C2)c(OC)c1. The quantitative estimate of drug-likeness (QED) is 0.855. The molecule has 2 unspecified atom stereocenters. The first-order valence-corrected chi connectivity index (χ1v) is 6.88. The number of benzene rings is 1. The molecule has 0 saturated heterocycles. The van der Waals surface area contributed by atoms with Gasteiger partial charge in [-0.15, -0.1) is 0 Å². The molecular formula is C15H22N2O3.